The van der Waals surface area contributed by atoms with E-state index in [0.29, 0.717) is 5.69 Å². The summed E-state index contributed by atoms with van der Waals surface area (Å²) in [6, 6.07) is 20.6. The monoisotopic (exact) mass is 332 g/mol. The molecule has 0 N–H and O–H groups in total. The first-order valence-corrected chi connectivity index (χ1v) is 8.62. The molecule has 0 spiro atoms. The molecule has 0 aliphatic heterocycles. The van der Waals surface area contributed by atoms with Crippen LogP contribution in [0.3, 0.4) is 0 Å². The van der Waals surface area contributed by atoms with Crippen LogP contribution in [0.2, 0.25) is 0 Å². The van der Waals surface area contributed by atoms with Crippen molar-refractivity contribution in [2.45, 2.75) is 13.8 Å². The molecular weight excluding hydrogens is 316 g/mol. The molecule has 0 aliphatic carbocycles. The van der Waals surface area contributed by atoms with Crippen molar-refractivity contribution in [3.05, 3.63) is 72.1 Å². The number of thiazole rings is 1. The average Bonchev–Trinajstić information content (AvgIpc) is 3.14. The lowest BCUT2D eigenvalue weighted by Crippen LogP contribution is -1.97. The number of benzene rings is 2. The van der Waals surface area contributed by atoms with Crippen LogP contribution in [-0.2, 0) is 0 Å². The van der Waals surface area contributed by atoms with Crippen LogP contribution in [0.1, 0.15) is 23.1 Å². The predicted molar refractivity (Wildman–Crippen MR) is 98.7 cm³/mol. The van der Waals surface area contributed by atoms with E-state index < -0.39 is 0 Å². The number of hydrogen-bond donors (Lipinski definition) is 0. The van der Waals surface area contributed by atoms with E-state index in [9.17, 15) is 4.79 Å². The number of hydrogen-bond acceptors (Lipinski definition) is 3. The Labute approximate surface area is 144 Å². The van der Waals surface area contributed by atoms with Crippen LogP contribution in [0.15, 0.2) is 60.7 Å². The summed E-state index contributed by atoms with van der Waals surface area (Å²) in [5, 5.41) is 0. The SMILES string of the molecule is CC(=O)c1nc2sc(-c3ccccc3)c(-c3ccccc3)n2c1C. The lowest BCUT2D eigenvalue weighted by atomic mass is 10.1. The summed E-state index contributed by atoms with van der Waals surface area (Å²) in [4.78, 5) is 18.5. The van der Waals surface area contributed by atoms with Gasteiger partial charge in [0.05, 0.1) is 16.3 Å². The Morgan fingerprint density at radius 3 is 2.12 bits per heavy atom. The van der Waals surface area contributed by atoms with Crippen LogP contribution in [0.5, 0.6) is 0 Å². The fourth-order valence-electron chi connectivity index (χ4n) is 3.02. The van der Waals surface area contributed by atoms with E-state index in [1.807, 2.05) is 43.3 Å². The van der Waals surface area contributed by atoms with Gasteiger partial charge in [-0.2, -0.15) is 0 Å². The summed E-state index contributed by atoms with van der Waals surface area (Å²) in [7, 11) is 0. The van der Waals surface area contributed by atoms with Gasteiger partial charge in [-0.3, -0.25) is 9.20 Å². The van der Waals surface area contributed by atoms with Crippen molar-refractivity contribution in [2.24, 2.45) is 0 Å². The smallest absolute Gasteiger partial charge is 0.195 e. The van der Waals surface area contributed by atoms with Gasteiger partial charge < -0.3 is 0 Å². The molecule has 2 heterocycles. The van der Waals surface area contributed by atoms with E-state index in [1.165, 1.54) is 4.88 Å². The largest absolute Gasteiger partial charge is 0.293 e. The van der Waals surface area contributed by atoms with E-state index in [-0.39, 0.29) is 5.78 Å². The van der Waals surface area contributed by atoms with Crippen molar-refractivity contribution in [3.63, 3.8) is 0 Å². The minimum absolute atomic E-state index is 0.00340. The Bertz CT molecular complexity index is 1030. The van der Waals surface area contributed by atoms with Gasteiger partial charge in [-0.1, -0.05) is 72.0 Å². The average molecular weight is 332 g/mol. The molecule has 0 atom stereocenters. The number of aryl methyl sites for hydroxylation is 1. The molecule has 0 aliphatic rings. The van der Waals surface area contributed by atoms with Crippen LogP contribution >= 0.6 is 11.3 Å². The van der Waals surface area contributed by atoms with Gasteiger partial charge in [0.1, 0.15) is 5.69 Å². The zero-order chi connectivity index (χ0) is 16.7. The summed E-state index contributed by atoms with van der Waals surface area (Å²) in [6.45, 7) is 3.53. The Kier molecular flexibility index (Phi) is 3.54. The molecule has 118 valence electrons. The number of nitrogens with zero attached hydrogens (tertiary/aromatic N) is 2. The summed E-state index contributed by atoms with van der Waals surface area (Å²) >= 11 is 1.62. The van der Waals surface area contributed by atoms with Crippen molar-refractivity contribution in [2.75, 3.05) is 0 Å². The number of ketones is 1. The third-order valence-corrected chi connectivity index (χ3v) is 5.22. The Morgan fingerprint density at radius 2 is 1.54 bits per heavy atom. The number of imidazole rings is 1. The Morgan fingerprint density at radius 1 is 0.958 bits per heavy atom. The third kappa shape index (κ3) is 2.27. The first-order valence-electron chi connectivity index (χ1n) is 7.80. The van der Waals surface area contributed by atoms with Crippen LogP contribution in [0, 0.1) is 6.92 Å². The van der Waals surface area contributed by atoms with Gasteiger partial charge in [0.2, 0.25) is 0 Å². The van der Waals surface area contributed by atoms with Crippen LogP contribution < -0.4 is 0 Å². The van der Waals surface area contributed by atoms with Gasteiger partial charge in [-0.25, -0.2) is 4.98 Å². The molecule has 0 unspecified atom stereocenters. The maximum atomic E-state index is 11.9. The van der Waals surface area contributed by atoms with Gasteiger partial charge in [-0.05, 0) is 12.5 Å². The highest BCUT2D eigenvalue weighted by molar-refractivity contribution is 7.20. The van der Waals surface area contributed by atoms with Crippen molar-refractivity contribution in [1.29, 1.82) is 0 Å². The number of carbonyl (C=O) groups is 1. The van der Waals surface area contributed by atoms with Gasteiger partial charge in [0, 0.05) is 12.5 Å². The fraction of sp³-hybridized carbons (Fsp3) is 0.100. The van der Waals surface area contributed by atoms with Crippen molar-refractivity contribution in [3.8, 4) is 21.7 Å². The number of aromatic nitrogens is 2. The molecule has 0 saturated carbocycles. The normalized spacial score (nSPS) is 11.1. The Balaban J connectivity index is 2.09. The predicted octanol–water partition coefficient (Wildman–Crippen LogP) is 5.24. The summed E-state index contributed by atoms with van der Waals surface area (Å²) in [5.41, 5.74) is 4.83. The quantitative estimate of drug-likeness (QED) is 0.481. The van der Waals surface area contributed by atoms with E-state index >= 15 is 0 Å². The molecule has 4 heteroatoms. The maximum absolute atomic E-state index is 11.9. The Hall–Kier alpha value is -2.72. The standard InChI is InChI=1S/C20H16N2OS/c1-13-17(14(2)23)21-20-22(13)18(15-9-5-3-6-10-15)19(24-20)16-11-7-4-8-12-16/h3-12H,1-2H3. The fourth-order valence-corrected chi connectivity index (χ4v) is 4.22. The summed E-state index contributed by atoms with van der Waals surface area (Å²) in [5.74, 6) is 0.00340. The lowest BCUT2D eigenvalue weighted by molar-refractivity contribution is 0.101. The highest BCUT2D eigenvalue weighted by atomic mass is 32.1. The molecule has 0 saturated heterocycles. The van der Waals surface area contributed by atoms with E-state index in [1.54, 1.807) is 18.3 Å². The number of Topliss-reactive ketones (excluding diaryl/α,β-unsaturated/α-hetero) is 1. The molecule has 4 aromatic rings. The molecule has 0 amide bonds. The van der Waals surface area contributed by atoms with Crippen LogP contribution in [0.25, 0.3) is 26.7 Å². The van der Waals surface area contributed by atoms with Crippen molar-refractivity contribution < 1.29 is 4.79 Å². The second-order valence-electron chi connectivity index (χ2n) is 5.73. The van der Waals surface area contributed by atoms with Gasteiger partial charge in [0.15, 0.2) is 10.7 Å². The number of fused-ring (bicyclic) bond motifs is 1. The molecule has 4 rings (SSSR count). The van der Waals surface area contributed by atoms with Gasteiger partial charge >= 0.3 is 0 Å². The molecule has 2 aromatic carbocycles. The number of carbonyl (C=O) groups excluding carboxylic acids is 1. The first-order chi connectivity index (χ1) is 11.7. The summed E-state index contributed by atoms with van der Waals surface area (Å²) < 4.78 is 2.11. The minimum atomic E-state index is 0.00340. The molecule has 2 aromatic heterocycles. The zero-order valence-electron chi connectivity index (χ0n) is 13.5. The second-order valence-corrected chi connectivity index (χ2v) is 6.71. The molecule has 3 nitrogen and oxygen atoms in total. The zero-order valence-corrected chi connectivity index (χ0v) is 14.3. The van der Waals surface area contributed by atoms with Crippen LogP contribution in [-0.4, -0.2) is 15.2 Å². The first kappa shape index (κ1) is 14.8. The molecule has 0 bridgehead atoms. The highest BCUT2D eigenvalue weighted by Crippen LogP contribution is 2.40. The van der Waals surface area contributed by atoms with E-state index in [2.05, 4.69) is 33.7 Å². The second kappa shape index (κ2) is 5.73. The maximum Gasteiger partial charge on any atom is 0.195 e. The molecular formula is C20H16N2OS. The van der Waals surface area contributed by atoms with Crippen molar-refractivity contribution in [1.82, 2.24) is 9.38 Å². The topological polar surface area (TPSA) is 34.4 Å². The highest BCUT2D eigenvalue weighted by Gasteiger charge is 2.22. The van der Waals surface area contributed by atoms with Gasteiger partial charge in [-0.15, -0.1) is 0 Å². The molecule has 0 radical (unpaired) electrons. The minimum Gasteiger partial charge on any atom is -0.293 e. The number of rotatable bonds is 3. The van der Waals surface area contributed by atoms with Crippen LogP contribution in [0.4, 0.5) is 0 Å². The molecule has 24 heavy (non-hydrogen) atoms. The molecule has 0 fully saturated rings. The van der Waals surface area contributed by atoms with Crippen molar-refractivity contribution >= 4 is 22.1 Å². The van der Waals surface area contributed by atoms with E-state index in [0.717, 1.165) is 27.5 Å². The van der Waals surface area contributed by atoms with E-state index in [4.69, 9.17) is 0 Å². The summed E-state index contributed by atoms with van der Waals surface area (Å²) in [6.07, 6.45) is 0. The third-order valence-electron chi connectivity index (χ3n) is 4.13. The lowest BCUT2D eigenvalue weighted by Gasteiger charge is -2.07. The van der Waals surface area contributed by atoms with Gasteiger partial charge in [0.25, 0.3) is 0 Å².